The van der Waals surface area contributed by atoms with Crippen LogP contribution in [-0.2, 0) is 32.6 Å². The van der Waals surface area contributed by atoms with E-state index in [0.29, 0.717) is 5.69 Å². The van der Waals surface area contributed by atoms with Crippen LogP contribution in [0.3, 0.4) is 0 Å². The number of hydrogen-bond donors (Lipinski definition) is 1. The van der Waals surface area contributed by atoms with E-state index < -0.39 is 28.5 Å². The van der Waals surface area contributed by atoms with Crippen molar-refractivity contribution >= 4 is 27.5 Å². The summed E-state index contributed by atoms with van der Waals surface area (Å²) in [6.07, 6.45) is 0.272. The Labute approximate surface area is 248 Å². The molecule has 0 fully saturated rings. The van der Waals surface area contributed by atoms with Gasteiger partial charge in [-0.1, -0.05) is 96.6 Å². The van der Waals surface area contributed by atoms with Crippen molar-refractivity contribution in [3.8, 4) is 0 Å². The van der Waals surface area contributed by atoms with E-state index in [1.807, 2.05) is 75.4 Å². The summed E-state index contributed by atoms with van der Waals surface area (Å²) in [7, 11) is -4.10. The monoisotopic (exact) mass is 583 g/mol. The highest BCUT2D eigenvalue weighted by molar-refractivity contribution is 7.92. The maximum Gasteiger partial charge on any atom is 0.264 e. The summed E-state index contributed by atoms with van der Waals surface area (Å²) in [5, 5.41) is 2.97. The third-order valence-electron chi connectivity index (χ3n) is 6.79. The van der Waals surface area contributed by atoms with E-state index in [1.54, 1.807) is 48.5 Å². The zero-order valence-electron chi connectivity index (χ0n) is 24.2. The summed E-state index contributed by atoms with van der Waals surface area (Å²) in [4.78, 5) is 29.6. The smallest absolute Gasteiger partial charge is 0.264 e. The normalized spacial score (nSPS) is 12.0. The average Bonchev–Trinajstić information content (AvgIpc) is 2.98. The lowest BCUT2D eigenvalue weighted by atomic mass is 10.0. The number of hydrogen-bond acceptors (Lipinski definition) is 4. The van der Waals surface area contributed by atoms with E-state index >= 15 is 0 Å². The molecule has 42 heavy (non-hydrogen) atoms. The van der Waals surface area contributed by atoms with Crippen LogP contribution in [0, 0.1) is 6.92 Å². The van der Waals surface area contributed by atoms with Crippen LogP contribution in [0.15, 0.2) is 120 Å². The molecular weight excluding hydrogens is 546 g/mol. The van der Waals surface area contributed by atoms with Gasteiger partial charge in [0.15, 0.2) is 0 Å². The summed E-state index contributed by atoms with van der Waals surface area (Å²) in [5.41, 5.74) is 3.11. The first-order valence-corrected chi connectivity index (χ1v) is 15.4. The van der Waals surface area contributed by atoms with Crippen molar-refractivity contribution in [3.63, 3.8) is 0 Å². The fourth-order valence-electron chi connectivity index (χ4n) is 4.78. The number of carbonyl (C=O) groups is 2. The number of carbonyl (C=O) groups excluding carboxylic acids is 2. The van der Waals surface area contributed by atoms with Crippen LogP contribution in [0.2, 0.25) is 0 Å². The highest BCUT2D eigenvalue weighted by atomic mass is 32.2. The van der Waals surface area contributed by atoms with E-state index in [-0.39, 0.29) is 29.8 Å². The van der Waals surface area contributed by atoms with Crippen molar-refractivity contribution in [1.82, 2.24) is 10.2 Å². The van der Waals surface area contributed by atoms with Crippen LogP contribution in [-0.4, -0.2) is 43.8 Å². The lowest BCUT2D eigenvalue weighted by Crippen LogP contribution is -2.54. The van der Waals surface area contributed by atoms with Crippen molar-refractivity contribution in [1.29, 1.82) is 0 Å². The van der Waals surface area contributed by atoms with Gasteiger partial charge in [0.05, 0.1) is 10.6 Å². The van der Waals surface area contributed by atoms with E-state index in [0.717, 1.165) is 21.0 Å². The zero-order chi connectivity index (χ0) is 30.1. The van der Waals surface area contributed by atoms with E-state index in [9.17, 15) is 18.0 Å². The van der Waals surface area contributed by atoms with Crippen LogP contribution in [0.25, 0.3) is 0 Å². The predicted molar refractivity (Wildman–Crippen MR) is 166 cm³/mol. The van der Waals surface area contributed by atoms with Crippen molar-refractivity contribution in [2.45, 2.75) is 50.7 Å². The quantitative estimate of drug-likeness (QED) is 0.244. The number of benzene rings is 4. The van der Waals surface area contributed by atoms with Crippen LogP contribution < -0.4 is 9.62 Å². The largest absolute Gasteiger partial charge is 0.352 e. The Morgan fingerprint density at radius 2 is 1.33 bits per heavy atom. The summed E-state index contributed by atoms with van der Waals surface area (Å²) in [6.45, 7) is 5.36. The molecule has 0 aliphatic heterocycles. The fraction of sp³-hybridized carbons (Fsp3) is 0.235. The molecule has 218 valence electrons. The van der Waals surface area contributed by atoms with Crippen LogP contribution >= 0.6 is 0 Å². The average molecular weight is 584 g/mol. The van der Waals surface area contributed by atoms with Crippen molar-refractivity contribution in [2.24, 2.45) is 0 Å². The number of amides is 2. The highest BCUT2D eigenvalue weighted by Gasteiger charge is 2.34. The second-order valence-electron chi connectivity index (χ2n) is 10.5. The third kappa shape index (κ3) is 7.85. The van der Waals surface area contributed by atoms with Gasteiger partial charge in [0.1, 0.15) is 12.6 Å². The molecule has 0 aliphatic carbocycles. The summed E-state index contributed by atoms with van der Waals surface area (Å²) >= 11 is 0. The lowest BCUT2D eigenvalue weighted by Gasteiger charge is -2.34. The maximum absolute atomic E-state index is 14.4. The number of para-hydroxylation sites is 1. The van der Waals surface area contributed by atoms with Crippen molar-refractivity contribution < 1.29 is 18.0 Å². The minimum atomic E-state index is -4.10. The maximum atomic E-state index is 14.4. The van der Waals surface area contributed by atoms with E-state index in [4.69, 9.17) is 0 Å². The Morgan fingerprint density at radius 3 is 1.93 bits per heavy atom. The molecule has 0 aliphatic rings. The molecule has 0 spiro atoms. The van der Waals surface area contributed by atoms with Gasteiger partial charge in [-0.25, -0.2) is 8.42 Å². The Balaban J connectivity index is 1.78. The molecule has 0 aromatic heterocycles. The second kappa shape index (κ2) is 14.0. The Morgan fingerprint density at radius 1 is 0.762 bits per heavy atom. The molecule has 4 aromatic carbocycles. The molecule has 4 aromatic rings. The molecule has 0 heterocycles. The Hall–Kier alpha value is -4.43. The van der Waals surface area contributed by atoms with Crippen LogP contribution in [0.4, 0.5) is 5.69 Å². The molecule has 0 radical (unpaired) electrons. The summed E-state index contributed by atoms with van der Waals surface area (Å²) < 4.78 is 28.9. The SMILES string of the molecule is Cc1cccc(CN(C(=O)CN(c2ccccc2)S(=O)(=O)c2ccccc2)C(Cc2ccccc2)C(=O)NC(C)C)c1. The van der Waals surface area contributed by atoms with Gasteiger partial charge >= 0.3 is 0 Å². The molecule has 1 atom stereocenters. The standard InChI is InChI=1S/C34H37N3O4S/c1-26(2)35-34(39)32(23-28-15-7-4-8-16-28)36(24-29-17-13-14-27(3)22-29)33(38)25-37(30-18-9-5-10-19-30)42(40,41)31-20-11-6-12-21-31/h4-22,26,32H,23-25H2,1-3H3,(H,35,39). The van der Waals surface area contributed by atoms with E-state index in [1.165, 1.54) is 17.0 Å². The van der Waals surface area contributed by atoms with Gasteiger partial charge in [-0.05, 0) is 56.2 Å². The van der Waals surface area contributed by atoms with Crippen molar-refractivity contribution in [2.75, 3.05) is 10.8 Å². The van der Waals surface area contributed by atoms with E-state index in [2.05, 4.69) is 5.32 Å². The Kier molecular flexibility index (Phi) is 10.1. The molecule has 2 amide bonds. The summed E-state index contributed by atoms with van der Waals surface area (Å²) in [5.74, 6) is -0.785. The topological polar surface area (TPSA) is 86.8 Å². The van der Waals surface area contributed by atoms with Gasteiger partial charge in [-0.3, -0.25) is 13.9 Å². The van der Waals surface area contributed by atoms with Crippen LogP contribution in [0.5, 0.6) is 0 Å². The number of nitrogens with one attached hydrogen (secondary N) is 1. The van der Waals surface area contributed by atoms with Gasteiger partial charge in [0.2, 0.25) is 11.8 Å². The van der Waals surface area contributed by atoms with Crippen molar-refractivity contribution in [3.05, 3.63) is 132 Å². The van der Waals surface area contributed by atoms with Gasteiger partial charge < -0.3 is 10.2 Å². The number of anilines is 1. The van der Waals surface area contributed by atoms with Gasteiger partial charge in [0.25, 0.3) is 10.0 Å². The minimum Gasteiger partial charge on any atom is -0.352 e. The number of sulfonamides is 1. The predicted octanol–water partition coefficient (Wildman–Crippen LogP) is 5.36. The zero-order valence-corrected chi connectivity index (χ0v) is 25.0. The van der Waals surface area contributed by atoms with Gasteiger partial charge in [-0.15, -0.1) is 0 Å². The molecule has 0 saturated carbocycles. The summed E-state index contributed by atoms with van der Waals surface area (Å²) in [6, 6.07) is 32.8. The fourth-order valence-corrected chi connectivity index (χ4v) is 6.22. The molecule has 8 heteroatoms. The lowest BCUT2D eigenvalue weighted by molar-refractivity contribution is -0.140. The molecule has 4 rings (SSSR count). The van der Waals surface area contributed by atoms with Gasteiger partial charge in [-0.2, -0.15) is 0 Å². The first-order chi connectivity index (χ1) is 20.1. The first-order valence-electron chi connectivity index (χ1n) is 14.0. The molecular formula is C34H37N3O4S. The third-order valence-corrected chi connectivity index (χ3v) is 8.58. The number of rotatable bonds is 12. The first kappa shape index (κ1) is 30.5. The second-order valence-corrected chi connectivity index (χ2v) is 12.4. The Bertz CT molecular complexity index is 1580. The minimum absolute atomic E-state index is 0.0743. The molecule has 0 bridgehead atoms. The molecule has 7 nitrogen and oxygen atoms in total. The molecule has 1 N–H and O–H groups in total. The molecule has 0 saturated heterocycles. The number of aryl methyl sites for hydroxylation is 1. The highest BCUT2D eigenvalue weighted by Crippen LogP contribution is 2.25. The number of nitrogens with zero attached hydrogens (tertiary/aromatic N) is 2. The molecule has 1 unspecified atom stereocenters. The van der Waals surface area contributed by atoms with Crippen LogP contribution in [0.1, 0.15) is 30.5 Å². The van der Waals surface area contributed by atoms with Gasteiger partial charge in [0, 0.05) is 19.0 Å².